The van der Waals surface area contributed by atoms with Crippen LogP contribution in [0.4, 0.5) is 0 Å². The van der Waals surface area contributed by atoms with Gasteiger partial charge in [-0.15, -0.1) is 0 Å². The van der Waals surface area contributed by atoms with Gasteiger partial charge in [-0.1, -0.05) is 23.4 Å². The van der Waals surface area contributed by atoms with Gasteiger partial charge in [-0.2, -0.15) is 4.31 Å². The van der Waals surface area contributed by atoms with Crippen molar-refractivity contribution in [3.8, 4) is 11.8 Å². The lowest BCUT2D eigenvalue weighted by Crippen LogP contribution is -2.44. The van der Waals surface area contributed by atoms with Crippen LogP contribution in [0.15, 0.2) is 23.1 Å². The molecule has 2 N–H and O–H groups in total. The molecule has 0 amide bonds. The van der Waals surface area contributed by atoms with Gasteiger partial charge in [0.05, 0.1) is 24.3 Å². The SMILES string of the molecule is CC1CN(S(=O)(=O)c2ccc(C#CCN)cc2Cl)CCO1. The van der Waals surface area contributed by atoms with Gasteiger partial charge in [-0.25, -0.2) is 8.42 Å². The Labute approximate surface area is 130 Å². The Balaban J connectivity index is 2.32. The molecule has 0 bridgehead atoms. The molecule has 7 heteroatoms. The number of hydrogen-bond donors (Lipinski definition) is 1. The van der Waals surface area contributed by atoms with E-state index in [2.05, 4.69) is 11.8 Å². The summed E-state index contributed by atoms with van der Waals surface area (Å²) in [4.78, 5) is 0.0940. The van der Waals surface area contributed by atoms with Crippen LogP contribution in [0.5, 0.6) is 0 Å². The van der Waals surface area contributed by atoms with Crippen LogP contribution in [-0.4, -0.2) is 45.1 Å². The molecule has 114 valence electrons. The molecule has 1 aliphatic heterocycles. The van der Waals surface area contributed by atoms with Crippen molar-refractivity contribution < 1.29 is 13.2 Å². The highest BCUT2D eigenvalue weighted by Gasteiger charge is 2.30. The van der Waals surface area contributed by atoms with Crippen molar-refractivity contribution in [3.05, 3.63) is 28.8 Å². The van der Waals surface area contributed by atoms with E-state index in [4.69, 9.17) is 22.1 Å². The predicted octanol–water partition coefficient (Wildman–Crippen LogP) is 1.06. The first-order valence-electron chi connectivity index (χ1n) is 6.55. The molecule has 1 saturated heterocycles. The third kappa shape index (κ3) is 3.76. The summed E-state index contributed by atoms with van der Waals surface area (Å²) in [6.45, 7) is 3.13. The number of nitrogens with two attached hydrogens (primary N) is 1. The lowest BCUT2D eigenvalue weighted by Gasteiger charge is -2.30. The van der Waals surface area contributed by atoms with Crippen LogP contribution in [0.1, 0.15) is 12.5 Å². The Bertz CT molecular complexity index is 679. The van der Waals surface area contributed by atoms with E-state index >= 15 is 0 Å². The van der Waals surface area contributed by atoms with Crippen molar-refractivity contribution in [1.29, 1.82) is 0 Å². The van der Waals surface area contributed by atoms with Gasteiger partial charge >= 0.3 is 0 Å². The lowest BCUT2D eigenvalue weighted by molar-refractivity contribution is 0.0102. The van der Waals surface area contributed by atoms with Crippen LogP contribution >= 0.6 is 11.6 Å². The number of rotatable bonds is 2. The molecule has 0 aromatic heterocycles. The predicted molar refractivity (Wildman–Crippen MR) is 81.6 cm³/mol. The molecule has 21 heavy (non-hydrogen) atoms. The monoisotopic (exact) mass is 328 g/mol. The van der Waals surface area contributed by atoms with Crippen LogP contribution in [0.3, 0.4) is 0 Å². The lowest BCUT2D eigenvalue weighted by atomic mass is 10.2. The van der Waals surface area contributed by atoms with Crippen molar-refractivity contribution in [2.24, 2.45) is 5.73 Å². The summed E-state index contributed by atoms with van der Waals surface area (Å²) >= 11 is 6.11. The van der Waals surface area contributed by atoms with Gasteiger partial charge in [-0.3, -0.25) is 0 Å². The molecule has 2 rings (SSSR count). The summed E-state index contributed by atoms with van der Waals surface area (Å²) in [5.74, 6) is 5.52. The Morgan fingerprint density at radius 1 is 1.52 bits per heavy atom. The van der Waals surface area contributed by atoms with E-state index in [0.717, 1.165) is 0 Å². The number of halogens is 1. The number of morpholine rings is 1. The zero-order valence-electron chi connectivity index (χ0n) is 11.7. The van der Waals surface area contributed by atoms with Crippen molar-refractivity contribution in [2.45, 2.75) is 17.9 Å². The smallest absolute Gasteiger partial charge is 0.244 e. The topological polar surface area (TPSA) is 72.6 Å². The maximum Gasteiger partial charge on any atom is 0.244 e. The Hall–Kier alpha value is -1.10. The van der Waals surface area contributed by atoms with Crippen molar-refractivity contribution in [3.63, 3.8) is 0 Å². The minimum atomic E-state index is -3.61. The summed E-state index contributed by atoms with van der Waals surface area (Å²) in [5.41, 5.74) is 5.94. The van der Waals surface area contributed by atoms with Gasteiger partial charge in [0, 0.05) is 18.7 Å². The maximum absolute atomic E-state index is 12.6. The second kappa shape index (κ2) is 6.77. The highest BCUT2D eigenvalue weighted by atomic mass is 35.5. The molecular formula is C14H17ClN2O3S. The number of nitrogens with zero attached hydrogens (tertiary/aromatic N) is 1. The second-order valence-electron chi connectivity index (χ2n) is 4.70. The molecule has 1 fully saturated rings. The molecule has 1 atom stereocenters. The van der Waals surface area contributed by atoms with Crippen LogP contribution < -0.4 is 5.73 Å². The van der Waals surface area contributed by atoms with Gasteiger partial charge in [0.15, 0.2) is 0 Å². The molecule has 1 aromatic rings. The van der Waals surface area contributed by atoms with E-state index in [-0.39, 0.29) is 22.6 Å². The van der Waals surface area contributed by atoms with Gasteiger partial charge in [0.1, 0.15) is 4.90 Å². The van der Waals surface area contributed by atoms with Crippen LogP contribution in [-0.2, 0) is 14.8 Å². The Kier molecular flexibility index (Phi) is 5.25. The standard InChI is InChI=1S/C14H17ClN2O3S/c1-11-10-17(7-8-20-11)21(18,19)14-5-4-12(3-2-6-16)9-13(14)15/h4-5,9,11H,6-8,10,16H2,1H3. The van der Waals surface area contributed by atoms with E-state index in [1.807, 2.05) is 6.92 Å². The third-order valence-corrected chi connectivity index (χ3v) is 5.44. The summed E-state index contributed by atoms with van der Waals surface area (Å²) in [7, 11) is -3.61. The fraction of sp³-hybridized carbons (Fsp3) is 0.429. The average molecular weight is 329 g/mol. The van der Waals surface area contributed by atoms with Gasteiger partial charge < -0.3 is 10.5 Å². The van der Waals surface area contributed by atoms with Crippen LogP contribution in [0.25, 0.3) is 0 Å². The molecule has 0 spiro atoms. The third-order valence-electron chi connectivity index (χ3n) is 3.09. The van der Waals surface area contributed by atoms with Crippen LogP contribution in [0.2, 0.25) is 5.02 Å². The number of sulfonamides is 1. The molecule has 1 unspecified atom stereocenters. The van der Waals surface area contributed by atoms with Crippen LogP contribution in [0, 0.1) is 11.8 Å². The fourth-order valence-corrected chi connectivity index (χ4v) is 4.10. The average Bonchev–Trinajstić information content (AvgIpc) is 2.45. The molecular weight excluding hydrogens is 312 g/mol. The molecule has 1 aromatic carbocycles. The number of hydrogen-bond acceptors (Lipinski definition) is 4. The molecule has 5 nitrogen and oxygen atoms in total. The molecule has 1 aliphatic rings. The maximum atomic E-state index is 12.6. The van der Waals surface area contributed by atoms with E-state index in [0.29, 0.717) is 25.3 Å². The quantitative estimate of drug-likeness (QED) is 0.824. The number of benzene rings is 1. The second-order valence-corrected chi connectivity index (χ2v) is 7.01. The zero-order valence-corrected chi connectivity index (χ0v) is 13.2. The highest BCUT2D eigenvalue weighted by molar-refractivity contribution is 7.89. The summed E-state index contributed by atoms with van der Waals surface area (Å²) < 4.78 is 32.0. The van der Waals surface area contributed by atoms with Crippen molar-refractivity contribution in [1.82, 2.24) is 4.31 Å². The normalized spacial score (nSPS) is 19.9. The molecule has 1 heterocycles. The first-order chi connectivity index (χ1) is 9.95. The molecule has 0 radical (unpaired) electrons. The molecule has 0 aliphatic carbocycles. The minimum Gasteiger partial charge on any atom is -0.376 e. The van der Waals surface area contributed by atoms with E-state index < -0.39 is 10.0 Å². The minimum absolute atomic E-state index is 0.0940. The van der Waals surface area contributed by atoms with E-state index in [1.165, 1.54) is 10.4 Å². The first kappa shape index (κ1) is 16.3. The first-order valence-corrected chi connectivity index (χ1v) is 8.37. The molecule has 0 saturated carbocycles. The fourth-order valence-electron chi connectivity index (χ4n) is 2.08. The summed E-state index contributed by atoms with van der Waals surface area (Å²) in [6, 6.07) is 4.66. The van der Waals surface area contributed by atoms with Gasteiger partial charge in [-0.05, 0) is 25.1 Å². The largest absolute Gasteiger partial charge is 0.376 e. The van der Waals surface area contributed by atoms with Gasteiger partial charge in [0.25, 0.3) is 0 Å². The van der Waals surface area contributed by atoms with Gasteiger partial charge in [0.2, 0.25) is 10.0 Å². The summed E-state index contributed by atoms with van der Waals surface area (Å²) in [6.07, 6.45) is -0.123. The Morgan fingerprint density at radius 2 is 2.29 bits per heavy atom. The van der Waals surface area contributed by atoms with Crippen molar-refractivity contribution >= 4 is 21.6 Å². The zero-order chi connectivity index (χ0) is 15.5. The van der Waals surface area contributed by atoms with E-state index in [1.54, 1.807) is 12.1 Å². The van der Waals surface area contributed by atoms with Crippen molar-refractivity contribution in [2.75, 3.05) is 26.2 Å². The number of ether oxygens (including phenoxy) is 1. The summed E-state index contributed by atoms with van der Waals surface area (Å²) in [5, 5.41) is 0.165. The Morgan fingerprint density at radius 3 is 2.90 bits per heavy atom. The highest BCUT2D eigenvalue weighted by Crippen LogP contribution is 2.26. The van der Waals surface area contributed by atoms with E-state index in [9.17, 15) is 8.42 Å².